The fourth-order valence-electron chi connectivity index (χ4n) is 3.08. The molecule has 0 aliphatic heterocycles. The van der Waals surface area contributed by atoms with Crippen molar-refractivity contribution in [1.29, 1.82) is 0 Å². The van der Waals surface area contributed by atoms with Crippen LogP contribution in [0.2, 0.25) is 0 Å². The number of hydrogen-bond acceptors (Lipinski definition) is 3. The second kappa shape index (κ2) is 8.52. The molecule has 1 N–H and O–H groups in total. The summed E-state index contributed by atoms with van der Waals surface area (Å²) in [4.78, 5) is 12.1. The first-order valence-electron chi connectivity index (χ1n) is 9.35. The van der Waals surface area contributed by atoms with E-state index in [-0.39, 0.29) is 12.0 Å². The Morgan fingerprint density at radius 1 is 1.21 bits per heavy atom. The average molecular weight is 331 g/mol. The van der Waals surface area contributed by atoms with E-state index < -0.39 is 0 Å². The van der Waals surface area contributed by atoms with Crippen LogP contribution in [0.1, 0.15) is 57.4 Å². The summed E-state index contributed by atoms with van der Waals surface area (Å²) in [5.74, 6) is 1.54. The zero-order chi connectivity index (χ0) is 16.8. The molecule has 3 rings (SSSR count). The van der Waals surface area contributed by atoms with E-state index in [9.17, 15) is 4.79 Å². The number of amides is 1. The molecule has 0 heterocycles. The van der Waals surface area contributed by atoms with Gasteiger partial charge in [-0.1, -0.05) is 18.6 Å². The van der Waals surface area contributed by atoms with Gasteiger partial charge in [-0.05, 0) is 69.1 Å². The molecule has 2 aliphatic rings. The first kappa shape index (κ1) is 17.3. The lowest BCUT2D eigenvalue weighted by Crippen LogP contribution is -2.34. The zero-order valence-corrected chi connectivity index (χ0v) is 14.6. The number of nitrogens with one attached hydrogen (secondary N) is 1. The number of rotatable bonds is 8. The van der Waals surface area contributed by atoms with Crippen molar-refractivity contribution in [3.05, 3.63) is 29.8 Å². The predicted octanol–water partition coefficient (Wildman–Crippen LogP) is 3.83. The summed E-state index contributed by atoms with van der Waals surface area (Å²) in [6, 6.07) is 8.04. The number of carbonyl (C=O) groups is 1. The van der Waals surface area contributed by atoms with E-state index in [4.69, 9.17) is 9.47 Å². The molecular formula is C20H29NO3. The minimum atomic E-state index is -0.382. The first-order chi connectivity index (χ1) is 11.7. The van der Waals surface area contributed by atoms with Crippen LogP contribution in [0.4, 0.5) is 0 Å². The highest BCUT2D eigenvalue weighted by molar-refractivity contribution is 5.80. The summed E-state index contributed by atoms with van der Waals surface area (Å²) < 4.78 is 11.7. The molecule has 1 atom stereocenters. The fourth-order valence-corrected chi connectivity index (χ4v) is 3.08. The van der Waals surface area contributed by atoms with E-state index in [1.54, 1.807) is 0 Å². The average Bonchev–Trinajstić information content (AvgIpc) is 3.43. The smallest absolute Gasteiger partial charge is 0.249 e. The number of benzene rings is 1. The maximum Gasteiger partial charge on any atom is 0.249 e. The Kier molecular flexibility index (Phi) is 6.13. The van der Waals surface area contributed by atoms with Gasteiger partial charge in [-0.3, -0.25) is 4.79 Å². The molecule has 4 nitrogen and oxygen atoms in total. The van der Waals surface area contributed by atoms with E-state index in [2.05, 4.69) is 5.32 Å². The molecule has 0 saturated heterocycles. The molecule has 0 radical (unpaired) electrons. The van der Waals surface area contributed by atoms with Crippen LogP contribution in [-0.2, 0) is 16.1 Å². The van der Waals surface area contributed by atoms with Crippen molar-refractivity contribution in [3.63, 3.8) is 0 Å². The minimum Gasteiger partial charge on any atom is -0.490 e. The quantitative estimate of drug-likeness (QED) is 0.787. The Bertz CT molecular complexity index is 535. The molecule has 1 amide bonds. The maximum absolute atomic E-state index is 12.1. The van der Waals surface area contributed by atoms with Crippen LogP contribution >= 0.6 is 0 Å². The second-order valence-corrected chi connectivity index (χ2v) is 7.16. The maximum atomic E-state index is 12.1. The van der Waals surface area contributed by atoms with Crippen molar-refractivity contribution in [1.82, 2.24) is 5.32 Å². The molecule has 2 saturated carbocycles. The van der Waals surface area contributed by atoms with Gasteiger partial charge < -0.3 is 14.8 Å². The molecule has 4 heteroatoms. The van der Waals surface area contributed by atoms with E-state index in [1.807, 2.05) is 31.2 Å². The van der Waals surface area contributed by atoms with Crippen LogP contribution < -0.4 is 10.1 Å². The standard InChI is InChI=1S/C20H29NO3/c1-15(23-14-16-10-11-16)20(22)21-13-17-6-5-9-19(12-17)24-18-7-3-2-4-8-18/h5-6,9,12,15-16,18H,2-4,7-8,10-11,13-14H2,1H3,(H,21,22). The summed E-state index contributed by atoms with van der Waals surface area (Å²) in [6.45, 7) is 3.04. The lowest BCUT2D eigenvalue weighted by atomic mass is 9.98. The Balaban J connectivity index is 1.44. The van der Waals surface area contributed by atoms with Gasteiger partial charge >= 0.3 is 0 Å². The zero-order valence-electron chi connectivity index (χ0n) is 14.6. The number of carbonyl (C=O) groups excluding carboxylic acids is 1. The van der Waals surface area contributed by atoms with Crippen LogP contribution in [0.5, 0.6) is 5.75 Å². The van der Waals surface area contributed by atoms with Crippen LogP contribution in [0.15, 0.2) is 24.3 Å². The van der Waals surface area contributed by atoms with Gasteiger partial charge in [0.25, 0.3) is 0 Å². The lowest BCUT2D eigenvalue weighted by molar-refractivity contribution is -0.132. The lowest BCUT2D eigenvalue weighted by Gasteiger charge is -2.23. The van der Waals surface area contributed by atoms with Crippen molar-refractivity contribution in [3.8, 4) is 5.75 Å². The topological polar surface area (TPSA) is 47.6 Å². The summed E-state index contributed by atoms with van der Waals surface area (Å²) in [7, 11) is 0. The summed E-state index contributed by atoms with van der Waals surface area (Å²) in [5, 5.41) is 2.95. The molecule has 0 bridgehead atoms. The van der Waals surface area contributed by atoms with Gasteiger partial charge in [-0.2, -0.15) is 0 Å². The van der Waals surface area contributed by atoms with E-state index in [1.165, 1.54) is 32.1 Å². The molecule has 2 aliphatic carbocycles. The molecule has 0 aromatic heterocycles. The number of hydrogen-bond donors (Lipinski definition) is 1. The highest BCUT2D eigenvalue weighted by Crippen LogP contribution is 2.29. The molecule has 0 spiro atoms. The van der Waals surface area contributed by atoms with E-state index >= 15 is 0 Å². The summed E-state index contributed by atoms with van der Waals surface area (Å²) in [6.07, 6.45) is 8.59. The van der Waals surface area contributed by atoms with Gasteiger partial charge in [0.15, 0.2) is 0 Å². The second-order valence-electron chi connectivity index (χ2n) is 7.16. The van der Waals surface area contributed by atoms with Gasteiger partial charge in [0.2, 0.25) is 5.91 Å². The SMILES string of the molecule is CC(OCC1CC1)C(=O)NCc1cccc(OC2CCCCC2)c1. The monoisotopic (exact) mass is 331 g/mol. The predicted molar refractivity (Wildman–Crippen MR) is 93.9 cm³/mol. The Morgan fingerprint density at radius 3 is 2.75 bits per heavy atom. The fraction of sp³-hybridized carbons (Fsp3) is 0.650. The third-order valence-electron chi connectivity index (χ3n) is 4.87. The molecule has 24 heavy (non-hydrogen) atoms. The van der Waals surface area contributed by atoms with E-state index in [0.717, 1.165) is 24.2 Å². The van der Waals surface area contributed by atoms with Gasteiger partial charge in [0, 0.05) is 6.54 Å². The van der Waals surface area contributed by atoms with Gasteiger partial charge in [-0.15, -0.1) is 0 Å². The molecule has 1 aromatic rings. The molecule has 1 aromatic carbocycles. The summed E-state index contributed by atoms with van der Waals surface area (Å²) >= 11 is 0. The Morgan fingerprint density at radius 2 is 2.00 bits per heavy atom. The van der Waals surface area contributed by atoms with Gasteiger partial charge in [-0.25, -0.2) is 0 Å². The van der Waals surface area contributed by atoms with Crippen molar-refractivity contribution < 1.29 is 14.3 Å². The number of ether oxygens (including phenoxy) is 2. The highest BCUT2D eigenvalue weighted by atomic mass is 16.5. The minimum absolute atomic E-state index is 0.0470. The molecule has 1 unspecified atom stereocenters. The summed E-state index contributed by atoms with van der Waals surface area (Å²) in [5.41, 5.74) is 1.06. The van der Waals surface area contributed by atoms with Crippen LogP contribution in [0.3, 0.4) is 0 Å². The normalized spacial score (nSPS) is 19.7. The first-order valence-corrected chi connectivity index (χ1v) is 9.35. The van der Waals surface area contributed by atoms with Crippen molar-refractivity contribution >= 4 is 5.91 Å². The van der Waals surface area contributed by atoms with Crippen molar-refractivity contribution in [2.45, 2.75) is 70.6 Å². The van der Waals surface area contributed by atoms with Gasteiger partial charge in [0.1, 0.15) is 11.9 Å². The molecule has 132 valence electrons. The van der Waals surface area contributed by atoms with E-state index in [0.29, 0.717) is 25.2 Å². The third kappa shape index (κ3) is 5.52. The highest BCUT2D eigenvalue weighted by Gasteiger charge is 2.24. The van der Waals surface area contributed by atoms with Crippen molar-refractivity contribution in [2.24, 2.45) is 5.92 Å². The third-order valence-corrected chi connectivity index (χ3v) is 4.87. The van der Waals surface area contributed by atoms with Gasteiger partial charge in [0.05, 0.1) is 12.7 Å². The largest absolute Gasteiger partial charge is 0.490 e. The Hall–Kier alpha value is -1.55. The Labute approximate surface area is 144 Å². The molecule has 2 fully saturated rings. The van der Waals surface area contributed by atoms with Crippen LogP contribution in [0.25, 0.3) is 0 Å². The van der Waals surface area contributed by atoms with Crippen molar-refractivity contribution in [2.75, 3.05) is 6.61 Å². The molecular weight excluding hydrogens is 302 g/mol. The van der Waals surface area contributed by atoms with Crippen LogP contribution in [0, 0.1) is 5.92 Å². The van der Waals surface area contributed by atoms with Crippen LogP contribution in [-0.4, -0.2) is 24.7 Å².